The second-order valence-corrected chi connectivity index (χ2v) is 6.32. The number of likely N-dealkylation sites (tertiary alicyclic amines) is 1. The minimum Gasteiger partial charge on any atom is -0.383 e. The summed E-state index contributed by atoms with van der Waals surface area (Å²) in [5, 5.41) is 3.58. The number of amides is 1. The Morgan fingerprint density at radius 3 is 2.86 bits per heavy atom. The summed E-state index contributed by atoms with van der Waals surface area (Å²) in [5.74, 6) is 0.952. The number of hydrogen-bond acceptors (Lipinski definition) is 3. The van der Waals surface area contributed by atoms with Crippen LogP contribution in [0.2, 0.25) is 0 Å². The predicted molar refractivity (Wildman–Crippen MR) is 86.7 cm³/mol. The Balaban J connectivity index is 1.66. The van der Waals surface area contributed by atoms with Crippen molar-refractivity contribution in [2.75, 3.05) is 43.4 Å². The molecule has 2 aliphatic heterocycles. The number of benzene rings is 1. The third-order valence-electron chi connectivity index (χ3n) is 4.57. The molecule has 21 heavy (non-hydrogen) atoms. The van der Waals surface area contributed by atoms with E-state index in [0.717, 1.165) is 37.4 Å². The molecule has 1 aromatic carbocycles. The van der Waals surface area contributed by atoms with Gasteiger partial charge in [0.1, 0.15) is 0 Å². The van der Waals surface area contributed by atoms with E-state index >= 15 is 0 Å². The molecule has 4 nitrogen and oxygen atoms in total. The van der Waals surface area contributed by atoms with E-state index in [1.165, 1.54) is 19.4 Å². The molecule has 4 heteroatoms. The van der Waals surface area contributed by atoms with E-state index in [0.29, 0.717) is 12.3 Å². The molecule has 0 saturated carbocycles. The Bertz CT molecular complexity index is 503. The Morgan fingerprint density at radius 2 is 2.10 bits per heavy atom. The van der Waals surface area contributed by atoms with Gasteiger partial charge in [-0.3, -0.25) is 4.79 Å². The average Bonchev–Trinajstić information content (AvgIpc) is 2.91. The third kappa shape index (κ3) is 3.38. The van der Waals surface area contributed by atoms with Crippen LogP contribution in [0, 0.1) is 5.92 Å². The zero-order valence-corrected chi connectivity index (χ0v) is 12.8. The summed E-state index contributed by atoms with van der Waals surface area (Å²) < 4.78 is 0. The first-order valence-corrected chi connectivity index (χ1v) is 8.06. The highest BCUT2D eigenvalue weighted by Crippen LogP contribution is 2.29. The Kier molecular flexibility index (Phi) is 4.44. The summed E-state index contributed by atoms with van der Waals surface area (Å²) >= 11 is 0. The van der Waals surface area contributed by atoms with E-state index < -0.39 is 0 Å². The van der Waals surface area contributed by atoms with Crippen molar-refractivity contribution < 1.29 is 4.79 Å². The summed E-state index contributed by atoms with van der Waals surface area (Å²) in [5.41, 5.74) is 2.14. The van der Waals surface area contributed by atoms with Gasteiger partial charge in [-0.25, -0.2) is 0 Å². The molecule has 2 fully saturated rings. The zero-order chi connectivity index (χ0) is 14.7. The van der Waals surface area contributed by atoms with E-state index in [-0.39, 0.29) is 5.91 Å². The van der Waals surface area contributed by atoms with E-state index in [4.69, 9.17) is 0 Å². The van der Waals surface area contributed by atoms with Crippen molar-refractivity contribution in [1.82, 2.24) is 4.90 Å². The quantitative estimate of drug-likeness (QED) is 0.924. The number of para-hydroxylation sites is 2. The molecule has 1 N–H and O–H groups in total. The van der Waals surface area contributed by atoms with Crippen LogP contribution in [0.3, 0.4) is 0 Å². The molecule has 1 unspecified atom stereocenters. The first-order valence-electron chi connectivity index (χ1n) is 8.06. The van der Waals surface area contributed by atoms with Gasteiger partial charge < -0.3 is 15.1 Å². The lowest BCUT2D eigenvalue weighted by Gasteiger charge is -2.30. The smallest absolute Gasteiger partial charge is 0.227 e. The van der Waals surface area contributed by atoms with Crippen LogP contribution in [0.15, 0.2) is 24.3 Å². The SMILES string of the molecule is CN1CCCC(CNc2ccccc2N2CCCC2=O)C1. The Hall–Kier alpha value is -1.55. The van der Waals surface area contributed by atoms with E-state index in [9.17, 15) is 4.79 Å². The lowest BCUT2D eigenvalue weighted by atomic mass is 9.98. The van der Waals surface area contributed by atoms with Gasteiger partial charge in [-0.05, 0) is 50.9 Å². The molecule has 2 heterocycles. The van der Waals surface area contributed by atoms with Crippen molar-refractivity contribution >= 4 is 17.3 Å². The number of anilines is 2. The lowest BCUT2D eigenvalue weighted by Crippen LogP contribution is -2.35. The zero-order valence-electron chi connectivity index (χ0n) is 12.8. The van der Waals surface area contributed by atoms with Crippen LogP contribution >= 0.6 is 0 Å². The number of rotatable bonds is 4. The number of carbonyl (C=O) groups is 1. The van der Waals surface area contributed by atoms with Crippen molar-refractivity contribution in [2.45, 2.75) is 25.7 Å². The second kappa shape index (κ2) is 6.48. The van der Waals surface area contributed by atoms with Crippen molar-refractivity contribution in [3.05, 3.63) is 24.3 Å². The molecule has 0 bridgehead atoms. The first-order chi connectivity index (χ1) is 10.2. The number of carbonyl (C=O) groups excluding carboxylic acids is 1. The topological polar surface area (TPSA) is 35.6 Å². The molecule has 0 radical (unpaired) electrons. The van der Waals surface area contributed by atoms with Crippen LogP contribution in [-0.2, 0) is 4.79 Å². The van der Waals surface area contributed by atoms with Crippen LogP contribution in [0.4, 0.5) is 11.4 Å². The Labute approximate surface area is 127 Å². The normalized spacial score (nSPS) is 23.6. The molecule has 1 aromatic rings. The maximum atomic E-state index is 12.0. The molecule has 2 aliphatic rings. The summed E-state index contributed by atoms with van der Waals surface area (Å²) in [7, 11) is 2.20. The van der Waals surface area contributed by atoms with Crippen molar-refractivity contribution in [3.8, 4) is 0 Å². The fraction of sp³-hybridized carbons (Fsp3) is 0.588. The third-order valence-corrected chi connectivity index (χ3v) is 4.57. The first kappa shape index (κ1) is 14.4. The van der Waals surface area contributed by atoms with Crippen molar-refractivity contribution in [2.24, 2.45) is 5.92 Å². The second-order valence-electron chi connectivity index (χ2n) is 6.32. The van der Waals surface area contributed by atoms with Gasteiger partial charge in [0.05, 0.1) is 11.4 Å². The summed E-state index contributed by atoms with van der Waals surface area (Å²) in [4.78, 5) is 16.3. The maximum Gasteiger partial charge on any atom is 0.227 e. The van der Waals surface area contributed by atoms with Gasteiger partial charge in [0.25, 0.3) is 0 Å². The fourth-order valence-electron chi connectivity index (χ4n) is 3.46. The van der Waals surface area contributed by atoms with Crippen LogP contribution in [0.25, 0.3) is 0 Å². The molecule has 0 spiro atoms. The van der Waals surface area contributed by atoms with E-state index in [1.54, 1.807) is 0 Å². The number of nitrogens with one attached hydrogen (secondary N) is 1. The predicted octanol–water partition coefficient (Wildman–Crippen LogP) is 2.57. The molecule has 114 valence electrons. The van der Waals surface area contributed by atoms with Crippen molar-refractivity contribution in [3.63, 3.8) is 0 Å². The Morgan fingerprint density at radius 1 is 1.24 bits per heavy atom. The molecule has 1 amide bonds. The molecule has 0 aliphatic carbocycles. The molecular formula is C17H25N3O. The van der Waals surface area contributed by atoms with Gasteiger partial charge in [0, 0.05) is 26.1 Å². The highest BCUT2D eigenvalue weighted by Gasteiger charge is 2.24. The highest BCUT2D eigenvalue weighted by molar-refractivity contribution is 5.98. The van der Waals surface area contributed by atoms with Gasteiger partial charge in [0.2, 0.25) is 5.91 Å². The minimum atomic E-state index is 0.252. The lowest BCUT2D eigenvalue weighted by molar-refractivity contribution is -0.117. The summed E-state index contributed by atoms with van der Waals surface area (Å²) in [6, 6.07) is 8.20. The number of piperidine rings is 1. The summed E-state index contributed by atoms with van der Waals surface area (Å²) in [6.45, 7) is 4.22. The highest BCUT2D eigenvalue weighted by atomic mass is 16.2. The largest absolute Gasteiger partial charge is 0.383 e. The molecule has 1 atom stereocenters. The fourth-order valence-corrected chi connectivity index (χ4v) is 3.46. The molecule has 0 aromatic heterocycles. The average molecular weight is 287 g/mol. The van der Waals surface area contributed by atoms with Crippen molar-refractivity contribution in [1.29, 1.82) is 0 Å². The van der Waals surface area contributed by atoms with Gasteiger partial charge in [-0.1, -0.05) is 12.1 Å². The molecule has 3 rings (SSSR count). The van der Waals surface area contributed by atoms with Gasteiger partial charge in [0.15, 0.2) is 0 Å². The number of hydrogen-bond donors (Lipinski definition) is 1. The van der Waals surface area contributed by atoms with Gasteiger partial charge in [-0.2, -0.15) is 0 Å². The van der Waals surface area contributed by atoms with Gasteiger partial charge >= 0.3 is 0 Å². The standard InChI is InChI=1S/C17H25N3O/c1-19-10-4-6-14(13-19)12-18-15-7-2-3-8-16(15)20-11-5-9-17(20)21/h2-3,7-8,14,18H,4-6,9-13H2,1H3. The van der Waals surface area contributed by atoms with Gasteiger partial charge in [-0.15, -0.1) is 0 Å². The number of nitrogens with zero attached hydrogens (tertiary/aromatic N) is 2. The van der Waals surface area contributed by atoms with E-state index in [1.807, 2.05) is 17.0 Å². The van der Waals surface area contributed by atoms with Crippen LogP contribution < -0.4 is 10.2 Å². The molecule has 2 saturated heterocycles. The minimum absolute atomic E-state index is 0.252. The van der Waals surface area contributed by atoms with Crippen LogP contribution in [0.1, 0.15) is 25.7 Å². The molecular weight excluding hydrogens is 262 g/mol. The monoisotopic (exact) mass is 287 g/mol. The summed E-state index contributed by atoms with van der Waals surface area (Å²) in [6.07, 6.45) is 4.24. The van der Waals surface area contributed by atoms with Crippen LogP contribution in [0.5, 0.6) is 0 Å². The van der Waals surface area contributed by atoms with E-state index in [2.05, 4.69) is 29.4 Å². The van der Waals surface area contributed by atoms with Crippen LogP contribution in [-0.4, -0.2) is 44.0 Å². The maximum absolute atomic E-state index is 12.0.